The van der Waals surface area contributed by atoms with E-state index in [1.54, 1.807) is 0 Å². The van der Waals surface area contributed by atoms with Crippen molar-refractivity contribution in [1.29, 1.82) is 0 Å². The second-order valence-corrected chi connectivity index (χ2v) is 5.76. The van der Waals surface area contributed by atoms with Crippen LogP contribution in [0.2, 0.25) is 0 Å². The van der Waals surface area contributed by atoms with Crippen LogP contribution in [0.15, 0.2) is 18.3 Å². The molecule has 0 saturated heterocycles. The van der Waals surface area contributed by atoms with E-state index in [1.165, 1.54) is 10.5 Å². The van der Waals surface area contributed by atoms with Gasteiger partial charge in [0.1, 0.15) is 11.3 Å². The van der Waals surface area contributed by atoms with Gasteiger partial charge in [-0.3, -0.25) is 9.20 Å². The summed E-state index contributed by atoms with van der Waals surface area (Å²) in [7, 11) is 0. The third-order valence-corrected chi connectivity index (χ3v) is 3.79. The summed E-state index contributed by atoms with van der Waals surface area (Å²) < 4.78 is 40.1. The van der Waals surface area contributed by atoms with E-state index in [0.717, 1.165) is 37.9 Å². The molecule has 0 spiro atoms. The number of hydrogen-bond acceptors (Lipinski definition) is 2. The molecule has 0 unspecified atom stereocenters. The van der Waals surface area contributed by atoms with Crippen molar-refractivity contribution >= 4 is 11.6 Å². The second-order valence-electron chi connectivity index (χ2n) is 5.76. The number of aryl methyl sites for hydroxylation is 1. The van der Waals surface area contributed by atoms with Gasteiger partial charge in [-0.2, -0.15) is 13.2 Å². The molecule has 2 rings (SSSR count). The third kappa shape index (κ3) is 4.07. The molecule has 1 N–H and O–H groups in total. The molecule has 0 fully saturated rings. The average Bonchev–Trinajstić information content (AvgIpc) is 2.88. The molecule has 0 aliphatic rings. The fraction of sp³-hybridized carbons (Fsp3) is 0.529. The molecule has 0 atom stereocenters. The van der Waals surface area contributed by atoms with Gasteiger partial charge in [0.2, 0.25) is 0 Å². The zero-order valence-electron chi connectivity index (χ0n) is 13.9. The van der Waals surface area contributed by atoms with Gasteiger partial charge in [0, 0.05) is 12.7 Å². The number of unbranched alkanes of at least 4 members (excludes halogenated alkanes) is 2. The summed E-state index contributed by atoms with van der Waals surface area (Å²) in [6.45, 7) is 4.50. The van der Waals surface area contributed by atoms with Crippen molar-refractivity contribution in [3.63, 3.8) is 0 Å². The molecule has 0 radical (unpaired) electrons. The summed E-state index contributed by atoms with van der Waals surface area (Å²) in [4.78, 5) is 16.8. The maximum atomic E-state index is 13.0. The summed E-state index contributed by atoms with van der Waals surface area (Å²) in [5.74, 6) is -0.374. The lowest BCUT2D eigenvalue weighted by Crippen LogP contribution is -2.27. The highest BCUT2D eigenvalue weighted by atomic mass is 19.4. The first-order chi connectivity index (χ1) is 11.4. The van der Waals surface area contributed by atoms with Crippen LogP contribution in [0.4, 0.5) is 13.2 Å². The van der Waals surface area contributed by atoms with Gasteiger partial charge in [0.05, 0.1) is 11.3 Å². The van der Waals surface area contributed by atoms with E-state index in [0.29, 0.717) is 24.3 Å². The quantitative estimate of drug-likeness (QED) is 0.766. The minimum atomic E-state index is -4.46. The van der Waals surface area contributed by atoms with Crippen LogP contribution < -0.4 is 5.32 Å². The fourth-order valence-electron chi connectivity index (χ4n) is 2.57. The van der Waals surface area contributed by atoms with Gasteiger partial charge in [-0.15, -0.1) is 0 Å². The van der Waals surface area contributed by atoms with Crippen LogP contribution in [0, 0.1) is 0 Å². The number of alkyl halides is 3. The molecule has 0 aliphatic heterocycles. The Kier molecular flexibility index (Phi) is 5.85. The number of hydrogen-bond donors (Lipinski definition) is 1. The van der Waals surface area contributed by atoms with E-state index in [9.17, 15) is 18.0 Å². The molecule has 4 nitrogen and oxygen atoms in total. The van der Waals surface area contributed by atoms with Crippen LogP contribution in [0.1, 0.15) is 61.3 Å². The number of pyridine rings is 1. The highest BCUT2D eigenvalue weighted by Crippen LogP contribution is 2.30. The molecule has 2 aromatic rings. The number of imidazole rings is 1. The van der Waals surface area contributed by atoms with Crippen molar-refractivity contribution in [2.45, 2.75) is 52.1 Å². The van der Waals surface area contributed by atoms with Gasteiger partial charge in [0.15, 0.2) is 0 Å². The molecule has 2 heterocycles. The molecule has 7 heteroatoms. The lowest BCUT2D eigenvalue weighted by Gasteiger charge is -2.09. The van der Waals surface area contributed by atoms with Gasteiger partial charge >= 0.3 is 6.18 Å². The van der Waals surface area contributed by atoms with Gasteiger partial charge in [0.25, 0.3) is 5.91 Å². The first-order valence-electron chi connectivity index (χ1n) is 8.24. The second kappa shape index (κ2) is 7.68. The Labute approximate surface area is 139 Å². The Morgan fingerprint density at radius 1 is 1.21 bits per heavy atom. The minimum absolute atomic E-state index is 0.203. The van der Waals surface area contributed by atoms with Crippen molar-refractivity contribution < 1.29 is 18.0 Å². The lowest BCUT2D eigenvalue weighted by molar-refractivity contribution is -0.137. The average molecular weight is 341 g/mol. The van der Waals surface area contributed by atoms with Crippen LogP contribution in [0.25, 0.3) is 5.65 Å². The molecule has 2 aromatic heterocycles. The summed E-state index contributed by atoms with van der Waals surface area (Å²) in [6.07, 6.45) is 0.651. The number of amides is 1. The molecule has 0 bridgehead atoms. The highest BCUT2D eigenvalue weighted by Gasteiger charge is 2.31. The summed E-state index contributed by atoms with van der Waals surface area (Å²) in [5, 5.41) is 2.79. The molecule has 0 saturated carbocycles. The predicted octanol–water partition coefficient (Wildman–Crippen LogP) is 4.23. The molecule has 1 amide bonds. The maximum Gasteiger partial charge on any atom is 0.417 e. The zero-order chi connectivity index (χ0) is 17.7. The Morgan fingerprint density at radius 3 is 2.58 bits per heavy atom. The first kappa shape index (κ1) is 18.3. The molecule has 0 aliphatic carbocycles. The number of rotatable bonds is 7. The monoisotopic (exact) mass is 341 g/mol. The molecular formula is C17H22F3N3O. The van der Waals surface area contributed by atoms with Crippen molar-refractivity contribution in [2.24, 2.45) is 0 Å². The van der Waals surface area contributed by atoms with Gasteiger partial charge < -0.3 is 5.32 Å². The zero-order valence-corrected chi connectivity index (χ0v) is 13.9. The highest BCUT2D eigenvalue weighted by molar-refractivity contribution is 5.94. The van der Waals surface area contributed by atoms with E-state index >= 15 is 0 Å². The van der Waals surface area contributed by atoms with Crippen molar-refractivity contribution in [3.05, 3.63) is 35.3 Å². The number of halogens is 3. The van der Waals surface area contributed by atoms with Crippen LogP contribution >= 0.6 is 0 Å². The van der Waals surface area contributed by atoms with E-state index in [-0.39, 0.29) is 11.6 Å². The molecular weight excluding hydrogens is 319 g/mol. The lowest BCUT2D eigenvalue weighted by atomic mass is 10.2. The fourth-order valence-corrected chi connectivity index (χ4v) is 2.57. The number of nitrogens with zero attached hydrogens (tertiary/aromatic N) is 2. The Bertz CT molecular complexity index is 707. The van der Waals surface area contributed by atoms with Gasteiger partial charge in [-0.05, 0) is 25.0 Å². The van der Waals surface area contributed by atoms with Crippen molar-refractivity contribution in [3.8, 4) is 0 Å². The van der Waals surface area contributed by atoms with Gasteiger partial charge in [-0.1, -0.05) is 33.1 Å². The number of fused-ring (bicyclic) bond motifs is 1. The first-order valence-corrected chi connectivity index (χ1v) is 8.24. The van der Waals surface area contributed by atoms with E-state index in [4.69, 9.17) is 0 Å². The maximum absolute atomic E-state index is 13.0. The number of nitrogens with one attached hydrogen (secondary N) is 1. The molecule has 24 heavy (non-hydrogen) atoms. The van der Waals surface area contributed by atoms with Gasteiger partial charge in [-0.25, -0.2) is 4.98 Å². The number of carbonyl (C=O) groups excluding carboxylic acids is 1. The van der Waals surface area contributed by atoms with Crippen LogP contribution in [0.5, 0.6) is 0 Å². The van der Waals surface area contributed by atoms with E-state index < -0.39 is 11.7 Å². The summed E-state index contributed by atoms with van der Waals surface area (Å²) in [5.41, 5.74) is 0.292. The van der Waals surface area contributed by atoms with Crippen LogP contribution in [-0.2, 0) is 12.6 Å². The Morgan fingerprint density at radius 2 is 1.96 bits per heavy atom. The largest absolute Gasteiger partial charge is 0.417 e. The topological polar surface area (TPSA) is 46.4 Å². The molecule has 132 valence electrons. The molecule has 0 aromatic carbocycles. The normalized spacial score (nSPS) is 11.9. The van der Waals surface area contributed by atoms with E-state index in [1.807, 2.05) is 6.92 Å². The van der Waals surface area contributed by atoms with Crippen molar-refractivity contribution in [1.82, 2.24) is 14.7 Å². The Hall–Kier alpha value is -2.05. The smallest absolute Gasteiger partial charge is 0.351 e. The van der Waals surface area contributed by atoms with E-state index in [2.05, 4.69) is 17.2 Å². The SMILES string of the molecule is CCCCCNC(=O)c1c(CCC)nc2ccc(C(F)(F)F)cn12. The van der Waals surface area contributed by atoms with Crippen LogP contribution in [-0.4, -0.2) is 21.8 Å². The minimum Gasteiger partial charge on any atom is -0.351 e. The number of aromatic nitrogens is 2. The van der Waals surface area contributed by atoms with Crippen molar-refractivity contribution in [2.75, 3.05) is 6.54 Å². The summed E-state index contributed by atoms with van der Waals surface area (Å²) in [6, 6.07) is 2.29. The Balaban J connectivity index is 2.39. The van der Waals surface area contributed by atoms with Crippen LogP contribution in [0.3, 0.4) is 0 Å². The predicted molar refractivity (Wildman–Crippen MR) is 86.0 cm³/mol. The number of carbonyl (C=O) groups is 1. The third-order valence-electron chi connectivity index (χ3n) is 3.79. The standard InChI is InChI=1S/C17H22F3N3O/c1-3-5-6-10-21-16(24)15-13(7-4-2)22-14-9-8-12(11-23(14)15)17(18,19)20/h8-9,11H,3-7,10H2,1-2H3,(H,21,24). The summed E-state index contributed by atoms with van der Waals surface area (Å²) >= 11 is 0.